The number of ketones is 4. The maximum atomic E-state index is 14.0. The second kappa shape index (κ2) is 8.76. The molecule has 2 fully saturated rings. The standard InChI is InChI=1S/C27H26N2O10/c1-9-11-4-5-12(23-10(8-30)6-7-39-23)19(31)14(11)20(32)15-13(9)21(33)17-18(29(2)3)22(34)16(26(28)37)25(36)27(17,38)24(15)35/h4-9,13,15-18,21,31,33,38H,1-3H3,(H2,28,37)/t9-,13+,15?,16?,17+,18-,21-,27-/m0/s1. The summed E-state index contributed by atoms with van der Waals surface area (Å²) in [5, 5.41) is 34.4. The number of carbonyl (C=O) groups excluding carboxylic acids is 6. The maximum Gasteiger partial charge on any atom is 0.235 e. The van der Waals surface area contributed by atoms with Gasteiger partial charge >= 0.3 is 0 Å². The van der Waals surface area contributed by atoms with Crippen molar-refractivity contribution < 1.29 is 48.5 Å². The van der Waals surface area contributed by atoms with Crippen LogP contribution in [0, 0.1) is 23.7 Å². The number of carbonyl (C=O) groups is 6. The third kappa shape index (κ3) is 3.28. The fraction of sp³-hybridized carbons (Fsp3) is 0.407. The molecule has 5 N–H and O–H groups in total. The first-order valence-electron chi connectivity index (χ1n) is 12.2. The third-order valence-electron chi connectivity index (χ3n) is 8.56. The van der Waals surface area contributed by atoms with Gasteiger partial charge in [0.2, 0.25) is 5.91 Å². The number of furan rings is 1. The van der Waals surface area contributed by atoms with Gasteiger partial charge in [0, 0.05) is 5.92 Å². The average Bonchev–Trinajstić information content (AvgIpc) is 3.34. The molecule has 0 bridgehead atoms. The molecule has 12 nitrogen and oxygen atoms in total. The van der Waals surface area contributed by atoms with E-state index in [0.29, 0.717) is 6.29 Å². The lowest BCUT2D eigenvalue weighted by Gasteiger charge is -2.56. The van der Waals surface area contributed by atoms with Gasteiger partial charge in [0.05, 0.1) is 46.9 Å². The summed E-state index contributed by atoms with van der Waals surface area (Å²) < 4.78 is 5.33. The van der Waals surface area contributed by atoms with Crippen LogP contribution in [-0.4, -0.2) is 87.4 Å². The molecule has 0 radical (unpaired) electrons. The number of aliphatic hydroxyl groups is 2. The van der Waals surface area contributed by atoms with Crippen LogP contribution in [0.25, 0.3) is 11.3 Å². The predicted molar refractivity (Wildman–Crippen MR) is 131 cm³/mol. The first-order valence-corrected chi connectivity index (χ1v) is 12.2. The number of phenolic OH excluding ortho intramolecular Hbond substituents is 1. The summed E-state index contributed by atoms with van der Waals surface area (Å²) in [4.78, 5) is 79.2. The van der Waals surface area contributed by atoms with E-state index < -0.39 is 82.1 Å². The number of aldehydes is 1. The Morgan fingerprint density at radius 1 is 1.13 bits per heavy atom. The molecular formula is C27H26N2O10. The van der Waals surface area contributed by atoms with Crippen molar-refractivity contribution in [1.82, 2.24) is 4.90 Å². The second-order valence-electron chi connectivity index (χ2n) is 10.6. The van der Waals surface area contributed by atoms with Crippen LogP contribution in [0.2, 0.25) is 0 Å². The zero-order valence-electron chi connectivity index (χ0n) is 21.2. The number of rotatable bonds is 4. The number of hydrogen-bond donors (Lipinski definition) is 4. The Morgan fingerprint density at radius 3 is 2.38 bits per heavy atom. The molecule has 0 spiro atoms. The van der Waals surface area contributed by atoms with Gasteiger partial charge in [0.1, 0.15) is 11.5 Å². The number of nitrogens with two attached hydrogens (primary N) is 1. The zero-order chi connectivity index (χ0) is 28.7. The van der Waals surface area contributed by atoms with E-state index in [2.05, 4.69) is 0 Å². The second-order valence-corrected chi connectivity index (χ2v) is 10.6. The summed E-state index contributed by atoms with van der Waals surface area (Å²) in [5.41, 5.74) is 2.33. The van der Waals surface area contributed by atoms with Crippen LogP contribution in [0.3, 0.4) is 0 Å². The molecule has 1 aromatic heterocycles. The Hall–Kier alpha value is -4.00. The smallest absolute Gasteiger partial charge is 0.235 e. The van der Waals surface area contributed by atoms with Crippen LogP contribution in [0.15, 0.2) is 28.9 Å². The number of amides is 1. The van der Waals surface area contributed by atoms with Crippen LogP contribution in [0.5, 0.6) is 5.75 Å². The lowest BCUT2D eigenvalue weighted by Crippen LogP contribution is -2.77. The van der Waals surface area contributed by atoms with Gasteiger partial charge in [0.25, 0.3) is 0 Å². The highest BCUT2D eigenvalue weighted by Gasteiger charge is 2.72. The predicted octanol–water partition coefficient (Wildman–Crippen LogP) is -0.529. The molecule has 12 heteroatoms. The van der Waals surface area contributed by atoms with Crippen molar-refractivity contribution in [3.63, 3.8) is 0 Å². The molecule has 2 saturated carbocycles. The maximum absolute atomic E-state index is 14.0. The Labute approximate surface area is 221 Å². The number of likely N-dealkylation sites (N-methyl/N-ethyl adjacent to an activating group) is 1. The van der Waals surface area contributed by atoms with E-state index in [1.54, 1.807) is 6.92 Å². The van der Waals surface area contributed by atoms with Crippen LogP contribution in [0.4, 0.5) is 0 Å². The van der Waals surface area contributed by atoms with E-state index in [9.17, 15) is 44.1 Å². The van der Waals surface area contributed by atoms with Gasteiger partial charge in [-0.2, -0.15) is 0 Å². The van der Waals surface area contributed by atoms with E-state index in [1.807, 2.05) is 0 Å². The highest BCUT2D eigenvalue weighted by atomic mass is 16.3. The Balaban J connectivity index is 1.71. The van der Waals surface area contributed by atoms with Gasteiger partial charge in [-0.1, -0.05) is 13.0 Å². The van der Waals surface area contributed by atoms with E-state index in [0.717, 1.165) is 0 Å². The minimum Gasteiger partial charge on any atom is -0.506 e. The first kappa shape index (κ1) is 26.6. The molecule has 0 saturated heterocycles. The molecule has 3 aliphatic rings. The highest BCUT2D eigenvalue weighted by molar-refractivity contribution is 6.32. The summed E-state index contributed by atoms with van der Waals surface area (Å²) in [6.07, 6.45) is 0.00950. The highest BCUT2D eigenvalue weighted by Crippen LogP contribution is 2.55. The summed E-state index contributed by atoms with van der Waals surface area (Å²) in [7, 11) is 2.85. The fourth-order valence-corrected chi connectivity index (χ4v) is 6.80. The van der Waals surface area contributed by atoms with Crippen molar-refractivity contribution in [2.24, 2.45) is 29.4 Å². The lowest BCUT2D eigenvalue weighted by atomic mass is 9.49. The molecule has 2 aromatic rings. The minimum atomic E-state index is -3.07. The van der Waals surface area contributed by atoms with Gasteiger partial charge in [-0.25, -0.2) is 0 Å². The number of primary amides is 1. The molecule has 8 atom stereocenters. The Morgan fingerprint density at radius 2 is 1.79 bits per heavy atom. The molecule has 204 valence electrons. The van der Waals surface area contributed by atoms with Gasteiger partial charge in [0.15, 0.2) is 40.9 Å². The molecule has 1 amide bonds. The van der Waals surface area contributed by atoms with Gasteiger partial charge in [-0.15, -0.1) is 0 Å². The minimum absolute atomic E-state index is 0.000971. The number of benzene rings is 1. The van der Waals surface area contributed by atoms with E-state index >= 15 is 0 Å². The molecule has 1 aromatic carbocycles. The van der Waals surface area contributed by atoms with Crippen LogP contribution < -0.4 is 5.73 Å². The zero-order valence-corrected chi connectivity index (χ0v) is 21.2. The van der Waals surface area contributed by atoms with Crippen molar-refractivity contribution in [2.45, 2.75) is 30.6 Å². The summed E-state index contributed by atoms with van der Waals surface area (Å²) in [6, 6.07) is 2.86. The number of phenols is 1. The number of fused-ring (bicyclic) bond motifs is 3. The number of nitrogens with zero attached hydrogens (tertiary/aromatic N) is 1. The molecule has 1 heterocycles. The Kier molecular flexibility index (Phi) is 5.98. The summed E-state index contributed by atoms with van der Waals surface area (Å²) >= 11 is 0. The van der Waals surface area contributed by atoms with E-state index in [-0.39, 0.29) is 28.0 Å². The van der Waals surface area contributed by atoms with Crippen molar-refractivity contribution in [1.29, 1.82) is 0 Å². The SMILES string of the molecule is C[C@H]1c2ccc(-c3occc3C=O)c(O)c2C(=O)C2C(=O)[C@]3(O)C(=O)C(C(N)=O)C(=O)[C@@H](N(C)C)[C@@H]3[C@@H](O)[C@@H]21. The van der Waals surface area contributed by atoms with Gasteiger partial charge < -0.3 is 25.5 Å². The van der Waals surface area contributed by atoms with Crippen molar-refractivity contribution in [3.8, 4) is 17.1 Å². The van der Waals surface area contributed by atoms with Crippen molar-refractivity contribution in [2.75, 3.05) is 14.1 Å². The van der Waals surface area contributed by atoms with E-state index in [4.69, 9.17) is 10.2 Å². The number of aromatic hydroxyl groups is 1. The summed E-state index contributed by atoms with van der Waals surface area (Å²) in [6.45, 7) is 1.61. The molecule has 0 aliphatic heterocycles. The van der Waals surface area contributed by atoms with Crippen LogP contribution >= 0.6 is 0 Å². The number of Topliss-reactive ketones (excluding diaryl/α,β-unsaturated/α-hetero) is 4. The lowest BCUT2D eigenvalue weighted by molar-refractivity contribution is -0.196. The quantitative estimate of drug-likeness (QED) is 0.287. The third-order valence-corrected chi connectivity index (χ3v) is 8.56. The van der Waals surface area contributed by atoms with Gasteiger partial charge in [-0.3, -0.25) is 33.7 Å². The number of hydrogen-bond acceptors (Lipinski definition) is 11. The first-order chi connectivity index (χ1) is 18.3. The average molecular weight is 539 g/mol. The monoisotopic (exact) mass is 538 g/mol. The van der Waals surface area contributed by atoms with Crippen molar-refractivity contribution in [3.05, 3.63) is 41.2 Å². The van der Waals surface area contributed by atoms with Crippen molar-refractivity contribution >= 4 is 35.3 Å². The fourth-order valence-electron chi connectivity index (χ4n) is 6.80. The molecular weight excluding hydrogens is 512 g/mol. The molecule has 39 heavy (non-hydrogen) atoms. The molecule has 3 aliphatic carbocycles. The van der Waals surface area contributed by atoms with Crippen LogP contribution in [0.1, 0.15) is 39.1 Å². The van der Waals surface area contributed by atoms with Gasteiger partial charge in [-0.05, 0) is 37.7 Å². The summed E-state index contributed by atoms with van der Waals surface area (Å²) in [5.74, 6) is -14.2. The molecule has 5 rings (SSSR count). The normalized spacial score (nSPS) is 33.9. The number of aliphatic hydroxyl groups excluding tert-OH is 1. The van der Waals surface area contributed by atoms with E-state index in [1.165, 1.54) is 43.5 Å². The largest absolute Gasteiger partial charge is 0.506 e. The van der Waals surface area contributed by atoms with Crippen LogP contribution in [-0.2, 0) is 19.2 Å². The molecule has 2 unspecified atom stereocenters. The topological polar surface area (TPSA) is 206 Å². The Bertz CT molecular complexity index is 1470.